The molecule has 2 nitrogen and oxygen atoms in total. The van der Waals surface area contributed by atoms with Crippen molar-refractivity contribution >= 4 is 24.0 Å². The highest BCUT2D eigenvalue weighted by molar-refractivity contribution is 6.31. The minimum atomic E-state index is -4.33. The summed E-state index contributed by atoms with van der Waals surface area (Å²) in [5, 5.41) is 3.78. The molecule has 0 unspecified atom stereocenters. The monoisotopic (exact) mass is 396 g/mol. The van der Waals surface area contributed by atoms with Crippen molar-refractivity contribution in [3.05, 3.63) is 34.3 Å². The van der Waals surface area contributed by atoms with E-state index in [0.717, 1.165) is 57.9 Å². The van der Waals surface area contributed by atoms with Crippen molar-refractivity contribution in [2.45, 2.75) is 44.3 Å². The number of nitrogens with zero attached hydrogens (tertiary/aromatic N) is 1. The summed E-state index contributed by atoms with van der Waals surface area (Å²) in [6.07, 6.45) is 1.34. The van der Waals surface area contributed by atoms with Gasteiger partial charge in [-0.3, -0.25) is 4.90 Å². The van der Waals surface area contributed by atoms with Gasteiger partial charge in [0.2, 0.25) is 0 Å². The van der Waals surface area contributed by atoms with Crippen LogP contribution in [0.15, 0.2) is 18.2 Å². The van der Waals surface area contributed by atoms with Gasteiger partial charge in [-0.05, 0) is 42.5 Å². The summed E-state index contributed by atoms with van der Waals surface area (Å²) in [4.78, 5) is 2.33. The number of hydrogen-bond acceptors (Lipinski definition) is 2. The van der Waals surface area contributed by atoms with Crippen molar-refractivity contribution in [1.29, 1.82) is 0 Å². The highest BCUT2D eigenvalue weighted by Crippen LogP contribution is 2.42. The van der Waals surface area contributed by atoms with Gasteiger partial charge in [0, 0.05) is 37.2 Å². The van der Waals surface area contributed by atoms with Crippen LogP contribution in [0.25, 0.3) is 0 Å². The maximum absolute atomic E-state index is 13.2. The minimum absolute atomic E-state index is 0. The maximum atomic E-state index is 13.2. The molecule has 1 saturated heterocycles. The average molecular weight is 397 g/mol. The van der Waals surface area contributed by atoms with Gasteiger partial charge in [0.05, 0.1) is 5.56 Å². The van der Waals surface area contributed by atoms with E-state index in [9.17, 15) is 13.2 Å². The Balaban J connectivity index is 0.00000225. The molecule has 1 N–H and O–H groups in total. The topological polar surface area (TPSA) is 15.3 Å². The molecule has 1 saturated carbocycles. The highest BCUT2D eigenvalue weighted by atomic mass is 35.5. The Morgan fingerprint density at radius 2 is 1.72 bits per heavy atom. The van der Waals surface area contributed by atoms with E-state index in [0.29, 0.717) is 16.5 Å². The molecule has 0 bridgehead atoms. The van der Waals surface area contributed by atoms with Gasteiger partial charge >= 0.3 is 6.18 Å². The van der Waals surface area contributed by atoms with Crippen LogP contribution in [0.5, 0.6) is 0 Å². The number of nitrogens with one attached hydrogen (secondary N) is 1. The van der Waals surface area contributed by atoms with Gasteiger partial charge in [0.1, 0.15) is 0 Å². The first-order valence-electron chi connectivity index (χ1n) is 8.78. The van der Waals surface area contributed by atoms with Crippen LogP contribution in [0, 0.1) is 5.92 Å². The van der Waals surface area contributed by atoms with Gasteiger partial charge in [0.25, 0.3) is 0 Å². The molecular weight excluding hydrogens is 372 g/mol. The van der Waals surface area contributed by atoms with Crippen molar-refractivity contribution in [2.75, 3.05) is 26.2 Å². The Bertz CT molecular complexity index is 536. The van der Waals surface area contributed by atoms with Gasteiger partial charge in [-0.1, -0.05) is 30.9 Å². The summed E-state index contributed by atoms with van der Waals surface area (Å²) < 4.78 is 39.5. The average Bonchev–Trinajstić information content (AvgIpc) is 2.58. The predicted molar refractivity (Wildman–Crippen MR) is 97.5 cm³/mol. The molecule has 142 valence electrons. The lowest BCUT2D eigenvalue weighted by Gasteiger charge is -2.41. The number of rotatable bonds is 3. The molecule has 1 aromatic carbocycles. The molecular formula is C18H25Cl2F3N2. The Labute approximate surface area is 158 Å². The summed E-state index contributed by atoms with van der Waals surface area (Å²) in [7, 11) is 0. The van der Waals surface area contributed by atoms with Crippen LogP contribution in [0.1, 0.15) is 49.3 Å². The largest absolute Gasteiger partial charge is 0.416 e. The lowest BCUT2D eigenvalue weighted by molar-refractivity contribution is -0.137. The third-order valence-electron chi connectivity index (χ3n) is 5.28. The Morgan fingerprint density at radius 3 is 2.32 bits per heavy atom. The van der Waals surface area contributed by atoms with Gasteiger partial charge in [0.15, 0.2) is 0 Å². The van der Waals surface area contributed by atoms with Crippen molar-refractivity contribution in [2.24, 2.45) is 5.92 Å². The molecule has 3 rings (SSSR count). The van der Waals surface area contributed by atoms with Crippen molar-refractivity contribution in [3.63, 3.8) is 0 Å². The second-order valence-electron chi connectivity index (χ2n) is 6.86. The normalized spacial score (nSPS) is 21.6. The summed E-state index contributed by atoms with van der Waals surface area (Å²) in [5.41, 5.74) is 0.0538. The van der Waals surface area contributed by atoms with Crippen LogP contribution in [0.3, 0.4) is 0 Å². The molecule has 1 heterocycles. The van der Waals surface area contributed by atoms with E-state index in [4.69, 9.17) is 11.6 Å². The third kappa shape index (κ3) is 5.03. The molecule has 1 aliphatic heterocycles. The van der Waals surface area contributed by atoms with Crippen LogP contribution in [0.2, 0.25) is 5.02 Å². The Kier molecular flexibility index (Phi) is 7.44. The highest BCUT2D eigenvalue weighted by Gasteiger charge is 2.35. The summed E-state index contributed by atoms with van der Waals surface area (Å²) >= 11 is 6.37. The lowest BCUT2D eigenvalue weighted by Crippen LogP contribution is -2.47. The second kappa shape index (κ2) is 8.94. The Morgan fingerprint density at radius 1 is 1.08 bits per heavy atom. The van der Waals surface area contributed by atoms with E-state index in [-0.39, 0.29) is 18.4 Å². The molecule has 25 heavy (non-hydrogen) atoms. The van der Waals surface area contributed by atoms with Crippen LogP contribution in [0.4, 0.5) is 13.2 Å². The van der Waals surface area contributed by atoms with Crippen LogP contribution in [-0.4, -0.2) is 31.1 Å². The van der Waals surface area contributed by atoms with E-state index >= 15 is 0 Å². The zero-order chi connectivity index (χ0) is 17.2. The van der Waals surface area contributed by atoms with Gasteiger partial charge in [-0.15, -0.1) is 12.4 Å². The van der Waals surface area contributed by atoms with Crippen molar-refractivity contribution in [3.8, 4) is 0 Å². The molecule has 0 radical (unpaired) electrons. The number of alkyl halides is 3. The van der Waals surface area contributed by atoms with Gasteiger partial charge in [-0.2, -0.15) is 13.2 Å². The molecule has 2 fully saturated rings. The predicted octanol–water partition coefficient (Wildman–Crippen LogP) is 5.31. The smallest absolute Gasteiger partial charge is 0.314 e. The van der Waals surface area contributed by atoms with E-state index in [1.165, 1.54) is 18.6 Å². The summed E-state index contributed by atoms with van der Waals surface area (Å²) in [5.74, 6) is 0.387. The second-order valence-corrected chi connectivity index (χ2v) is 7.27. The molecule has 0 amide bonds. The molecule has 1 atom stereocenters. The van der Waals surface area contributed by atoms with Crippen LogP contribution >= 0.6 is 24.0 Å². The molecule has 1 aromatic rings. The zero-order valence-corrected chi connectivity index (χ0v) is 15.7. The zero-order valence-electron chi connectivity index (χ0n) is 14.1. The Hall–Kier alpha value is -0.490. The van der Waals surface area contributed by atoms with Gasteiger partial charge in [-0.25, -0.2) is 0 Å². The molecule has 0 aromatic heterocycles. The summed E-state index contributed by atoms with van der Waals surface area (Å²) in [6, 6.07) is 3.77. The van der Waals surface area contributed by atoms with E-state index < -0.39 is 11.7 Å². The lowest BCUT2D eigenvalue weighted by atomic mass is 9.79. The van der Waals surface area contributed by atoms with Gasteiger partial charge < -0.3 is 5.32 Å². The number of piperazine rings is 1. The standard InChI is InChI=1S/C18H24ClF3N2.ClH/c19-16-7-6-14(18(20,21)22)12-15(16)17(13-4-2-1-3-5-13)24-10-8-23-9-11-24;/h6-7,12-13,17,23H,1-5,8-11H2;1H/t17-;/m1./s1. The quantitative estimate of drug-likeness (QED) is 0.744. The van der Waals surface area contributed by atoms with Crippen LogP contribution < -0.4 is 5.32 Å². The fraction of sp³-hybridized carbons (Fsp3) is 0.667. The SMILES string of the molecule is Cl.FC(F)(F)c1ccc(Cl)c([C@@H](C2CCCCC2)N2CCNCC2)c1. The molecule has 2 aliphatic rings. The first-order chi connectivity index (χ1) is 11.5. The molecule has 1 aliphatic carbocycles. The molecule has 7 heteroatoms. The number of halogens is 5. The fourth-order valence-corrected chi connectivity index (χ4v) is 4.34. The number of hydrogen-bond donors (Lipinski definition) is 1. The van der Waals surface area contributed by atoms with Crippen molar-refractivity contribution < 1.29 is 13.2 Å². The first kappa shape index (κ1) is 20.8. The first-order valence-corrected chi connectivity index (χ1v) is 9.16. The van der Waals surface area contributed by atoms with Crippen LogP contribution in [-0.2, 0) is 6.18 Å². The summed E-state index contributed by atoms with van der Waals surface area (Å²) in [6.45, 7) is 3.46. The maximum Gasteiger partial charge on any atom is 0.416 e. The van der Waals surface area contributed by atoms with E-state index in [1.807, 2.05) is 0 Å². The van der Waals surface area contributed by atoms with E-state index in [1.54, 1.807) is 0 Å². The van der Waals surface area contributed by atoms with E-state index in [2.05, 4.69) is 10.2 Å². The fourth-order valence-electron chi connectivity index (χ4n) is 4.11. The molecule has 0 spiro atoms. The minimum Gasteiger partial charge on any atom is -0.314 e. The van der Waals surface area contributed by atoms with Crippen molar-refractivity contribution in [1.82, 2.24) is 10.2 Å². The number of benzene rings is 1. The third-order valence-corrected chi connectivity index (χ3v) is 5.63.